The highest BCUT2D eigenvalue weighted by atomic mass is 16.5. The van der Waals surface area contributed by atoms with Crippen LogP contribution in [0.4, 0.5) is 0 Å². The number of benzene rings is 1. The maximum Gasteiger partial charge on any atom is 0.342 e. The minimum absolute atomic E-state index is 0.0363. The molecule has 2 aromatic rings. The summed E-state index contributed by atoms with van der Waals surface area (Å²) < 4.78 is 10.7. The molecule has 0 saturated heterocycles. The molecule has 4 heteroatoms. The molecule has 0 aliphatic carbocycles. The first kappa shape index (κ1) is 9.96. The van der Waals surface area contributed by atoms with Crippen molar-refractivity contribution in [1.82, 2.24) is 0 Å². The van der Waals surface area contributed by atoms with Crippen molar-refractivity contribution in [2.45, 2.75) is 13.5 Å². The van der Waals surface area contributed by atoms with Gasteiger partial charge in [0.25, 0.3) is 0 Å². The molecule has 0 bridgehead atoms. The van der Waals surface area contributed by atoms with Crippen molar-refractivity contribution in [2.75, 3.05) is 0 Å². The molecular weight excluding hydrogens is 220 g/mol. The average molecular weight is 230 g/mol. The highest BCUT2D eigenvalue weighted by Gasteiger charge is 2.24. The Labute approximate surface area is 97.1 Å². The van der Waals surface area contributed by atoms with Gasteiger partial charge in [-0.3, -0.25) is 0 Å². The van der Waals surface area contributed by atoms with E-state index in [0.717, 1.165) is 0 Å². The van der Waals surface area contributed by atoms with Crippen molar-refractivity contribution in [1.29, 1.82) is 0 Å². The number of rotatable bonds is 0. The van der Waals surface area contributed by atoms with Crippen LogP contribution in [-0.4, -0.2) is 5.11 Å². The molecule has 0 amide bonds. The third-order valence-electron chi connectivity index (χ3n) is 2.92. The molecular formula is C13H10O4. The molecule has 3 rings (SSSR count). The lowest BCUT2D eigenvalue weighted by Crippen LogP contribution is -2.12. The van der Waals surface area contributed by atoms with Gasteiger partial charge in [-0.15, -0.1) is 0 Å². The Bertz CT molecular complexity index is 655. The number of hydrogen-bond acceptors (Lipinski definition) is 4. The minimum Gasteiger partial charge on any atom is -0.507 e. The third kappa shape index (κ3) is 1.34. The van der Waals surface area contributed by atoms with Crippen LogP contribution in [0.1, 0.15) is 11.1 Å². The molecule has 1 aliphatic heterocycles. The molecule has 1 aromatic carbocycles. The van der Waals surface area contributed by atoms with Crippen LogP contribution >= 0.6 is 0 Å². The van der Waals surface area contributed by atoms with E-state index in [-0.39, 0.29) is 17.9 Å². The van der Waals surface area contributed by atoms with E-state index in [9.17, 15) is 9.90 Å². The van der Waals surface area contributed by atoms with Crippen molar-refractivity contribution < 1.29 is 14.3 Å². The fourth-order valence-corrected chi connectivity index (χ4v) is 1.94. The fraction of sp³-hybridized carbons (Fsp3) is 0.154. The van der Waals surface area contributed by atoms with Gasteiger partial charge in [0.1, 0.15) is 18.1 Å². The highest BCUT2D eigenvalue weighted by molar-refractivity contribution is 5.72. The molecule has 0 radical (unpaired) electrons. The zero-order valence-corrected chi connectivity index (χ0v) is 9.19. The van der Waals surface area contributed by atoms with Gasteiger partial charge in [0.15, 0.2) is 5.76 Å². The van der Waals surface area contributed by atoms with Crippen LogP contribution in [0.3, 0.4) is 0 Å². The summed E-state index contributed by atoms with van der Waals surface area (Å²) >= 11 is 0. The van der Waals surface area contributed by atoms with E-state index >= 15 is 0 Å². The molecule has 86 valence electrons. The summed E-state index contributed by atoms with van der Waals surface area (Å²) in [6.45, 7) is 1.74. The maximum absolute atomic E-state index is 11.6. The Morgan fingerprint density at radius 1 is 1.29 bits per heavy atom. The lowest BCUT2D eigenvalue weighted by Gasteiger charge is -2.20. The van der Waals surface area contributed by atoms with Crippen LogP contribution in [-0.2, 0) is 6.61 Å². The van der Waals surface area contributed by atoms with E-state index in [1.54, 1.807) is 12.1 Å². The Balaban J connectivity index is 2.37. The van der Waals surface area contributed by atoms with Gasteiger partial charge in [0.2, 0.25) is 0 Å². The molecule has 2 heterocycles. The lowest BCUT2D eigenvalue weighted by molar-refractivity contribution is 0.284. The van der Waals surface area contributed by atoms with E-state index in [1.165, 1.54) is 6.92 Å². The van der Waals surface area contributed by atoms with Crippen molar-refractivity contribution in [3.63, 3.8) is 0 Å². The molecule has 0 fully saturated rings. The van der Waals surface area contributed by atoms with Gasteiger partial charge in [-0.1, -0.05) is 12.1 Å². The van der Waals surface area contributed by atoms with Crippen molar-refractivity contribution in [3.05, 3.63) is 45.8 Å². The Hall–Kier alpha value is -2.23. The maximum atomic E-state index is 11.6. The molecule has 1 aromatic heterocycles. The summed E-state index contributed by atoms with van der Waals surface area (Å²) in [7, 11) is 0. The van der Waals surface area contributed by atoms with Gasteiger partial charge >= 0.3 is 5.63 Å². The second-order valence-electron chi connectivity index (χ2n) is 3.96. The largest absolute Gasteiger partial charge is 0.507 e. The predicted molar refractivity (Wildman–Crippen MR) is 61.1 cm³/mol. The Kier molecular flexibility index (Phi) is 1.98. The standard InChI is InChI=1S/C13H10O4/c1-7-11(14)9-6-16-10-5-3-2-4-8(10)12(9)17-13(7)15/h2-5,14H,6H2,1H3. The molecule has 0 spiro atoms. The predicted octanol–water partition coefficient (Wildman–Crippen LogP) is 2.21. The first-order valence-corrected chi connectivity index (χ1v) is 5.26. The molecule has 0 saturated carbocycles. The monoisotopic (exact) mass is 230 g/mol. The second kappa shape index (κ2) is 3.38. The molecule has 0 unspecified atom stereocenters. The first-order chi connectivity index (χ1) is 8.18. The average Bonchev–Trinajstić information content (AvgIpc) is 2.36. The summed E-state index contributed by atoms with van der Waals surface area (Å²) in [5.41, 5.74) is 0.923. The molecule has 4 nitrogen and oxygen atoms in total. The number of aromatic hydroxyl groups is 1. The number of ether oxygens (including phenoxy) is 1. The lowest BCUT2D eigenvalue weighted by atomic mass is 10.0. The van der Waals surface area contributed by atoms with E-state index in [2.05, 4.69) is 0 Å². The van der Waals surface area contributed by atoms with Gasteiger partial charge in [0, 0.05) is 0 Å². The van der Waals surface area contributed by atoms with Gasteiger partial charge in [-0.2, -0.15) is 0 Å². The van der Waals surface area contributed by atoms with E-state index < -0.39 is 5.63 Å². The Morgan fingerprint density at radius 2 is 2.06 bits per heavy atom. The third-order valence-corrected chi connectivity index (χ3v) is 2.92. The summed E-state index contributed by atoms with van der Waals surface area (Å²) in [5, 5.41) is 9.91. The minimum atomic E-state index is -0.516. The summed E-state index contributed by atoms with van der Waals surface area (Å²) in [4.78, 5) is 11.6. The quantitative estimate of drug-likeness (QED) is 0.753. The van der Waals surface area contributed by atoms with Gasteiger partial charge in [0.05, 0.1) is 16.7 Å². The Morgan fingerprint density at radius 3 is 2.88 bits per heavy atom. The molecule has 1 aliphatic rings. The first-order valence-electron chi connectivity index (χ1n) is 5.26. The zero-order chi connectivity index (χ0) is 12.0. The van der Waals surface area contributed by atoms with Gasteiger partial charge in [-0.25, -0.2) is 4.79 Å². The van der Waals surface area contributed by atoms with Gasteiger partial charge < -0.3 is 14.3 Å². The zero-order valence-electron chi connectivity index (χ0n) is 9.19. The van der Waals surface area contributed by atoms with Crippen LogP contribution in [0.15, 0.2) is 33.5 Å². The van der Waals surface area contributed by atoms with Crippen molar-refractivity contribution >= 4 is 0 Å². The van der Waals surface area contributed by atoms with E-state index in [0.29, 0.717) is 22.6 Å². The van der Waals surface area contributed by atoms with Crippen LogP contribution in [0, 0.1) is 6.92 Å². The SMILES string of the molecule is Cc1c(O)c2c(oc1=O)-c1ccccc1OC2. The molecule has 1 N–H and O–H groups in total. The van der Waals surface area contributed by atoms with Crippen LogP contribution < -0.4 is 10.4 Å². The highest BCUT2D eigenvalue weighted by Crippen LogP contribution is 2.40. The van der Waals surface area contributed by atoms with Crippen molar-refractivity contribution in [2.24, 2.45) is 0 Å². The molecule has 17 heavy (non-hydrogen) atoms. The van der Waals surface area contributed by atoms with Crippen LogP contribution in [0.2, 0.25) is 0 Å². The van der Waals surface area contributed by atoms with E-state index in [1.807, 2.05) is 12.1 Å². The second-order valence-corrected chi connectivity index (χ2v) is 3.96. The van der Waals surface area contributed by atoms with Gasteiger partial charge in [-0.05, 0) is 19.1 Å². The smallest absolute Gasteiger partial charge is 0.342 e. The van der Waals surface area contributed by atoms with Crippen LogP contribution in [0.25, 0.3) is 11.3 Å². The fourth-order valence-electron chi connectivity index (χ4n) is 1.94. The number of fused-ring (bicyclic) bond motifs is 3. The number of para-hydroxylation sites is 1. The topological polar surface area (TPSA) is 59.7 Å². The summed E-state index contributed by atoms with van der Waals surface area (Å²) in [6.07, 6.45) is 0. The summed E-state index contributed by atoms with van der Waals surface area (Å²) in [6, 6.07) is 7.27. The molecule has 0 atom stereocenters. The summed E-state index contributed by atoms with van der Waals surface area (Å²) in [5.74, 6) is 1.03. The van der Waals surface area contributed by atoms with Crippen molar-refractivity contribution in [3.8, 4) is 22.8 Å². The normalized spacial score (nSPS) is 12.5. The number of hydrogen-bond donors (Lipinski definition) is 1. The van der Waals surface area contributed by atoms with E-state index in [4.69, 9.17) is 9.15 Å². The van der Waals surface area contributed by atoms with Crippen LogP contribution in [0.5, 0.6) is 11.5 Å².